The maximum Gasteiger partial charge on any atom is 0.245 e. The van der Waals surface area contributed by atoms with Crippen LogP contribution in [0.25, 0.3) is 0 Å². The summed E-state index contributed by atoms with van der Waals surface area (Å²) in [5, 5.41) is 9.66. The topological polar surface area (TPSA) is 83.6 Å². The largest absolute Gasteiger partial charge is 0.398 e. The van der Waals surface area contributed by atoms with Gasteiger partial charge in [0.2, 0.25) is 10.0 Å². The molecule has 0 bridgehead atoms. The molecule has 1 saturated heterocycles. The van der Waals surface area contributed by atoms with Crippen LogP contribution >= 0.6 is 11.6 Å². The van der Waals surface area contributed by atoms with Gasteiger partial charge in [-0.15, -0.1) is 0 Å². The highest BCUT2D eigenvalue weighted by Gasteiger charge is 2.34. The second-order valence-electron chi connectivity index (χ2n) is 4.63. The highest BCUT2D eigenvalue weighted by atomic mass is 35.5. The van der Waals surface area contributed by atoms with Gasteiger partial charge in [0, 0.05) is 17.6 Å². The molecule has 1 atom stereocenters. The zero-order valence-electron chi connectivity index (χ0n) is 10.4. The molecular formula is C12H17ClN2O3S. The molecule has 7 heteroatoms. The van der Waals surface area contributed by atoms with Crippen LogP contribution in [0.1, 0.15) is 19.3 Å². The van der Waals surface area contributed by atoms with Gasteiger partial charge in [-0.3, -0.25) is 0 Å². The smallest absolute Gasteiger partial charge is 0.245 e. The summed E-state index contributed by atoms with van der Waals surface area (Å²) >= 11 is 5.84. The molecule has 1 heterocycles. The monoisotopic (exact) mass is 304 g/mol. The van der Waals surface area contributed by atoms with Gasteiger partial charge in [0.05, 0.1) is 12.3 Å². The lowest BCUT2D eigenvalue weighted by molar-refractivity contribution is 0.155. The third-order valence-corrected chi connectivity index (χ3v) is 5.59. The van der Waals surface area contributed by atoms with E-state index in [-0.39, 0.29) is 23.2 Å². The SMILES string of the molecule is Nc1ccc(Cl)cc1S(=O)(=O)N1CCCCC1CO. The number of anilines is 1. The second kappa shape index (κ2) is 5.66. The number of halogens is 1. The van der Waals surface area contributed by atoms with Crippen LogP contribution in [0, 0.1) is 0 Å². The van der Waals surface area contributed by atoms with E-state index >= 15 is 0 Å². The average molecular weight is 305 g/mol. The summed E-state index contributed by atoms with van der Waals surface area (Å²) in [6.07, 6.45) is 2.37. The van der Waals surface area contributed by atoms with Crippen molar-refractivity contribution in [2.75, 3.05) is 18.9 Å². The van der Waals surface area contributed by atoms with E-state index in [1.807, 2.05) is 0 Å². The molecule has 0 aliphatic carbocycles. The standard InChI is InChI=1S/C12H17ClN2O3S/c13-9-4-5-11(14)12(7-9)19(17,18)15-6-2-1-3-10(15)8-16/h4-5,7,10,16H,1-3,6,8,14H2. The molecule has 0 spiro atoms. The Balaban J connectivity index is 2.43. The Morgan fingerprint density at radius 3 is 2.84 bits per heavy atom. The molecule has 0 amide bonds. The van der Waals surface area contributed by atoms with Crippen LogP contribution < -0.4 is 5.73 Å². The minimum Gasteiger partial charge on any atom is -0.398 e. The predicted octanol–water partition coefficient (Wildman–Crippen LogP) is 1.46. The first-order valence-electron chi connectivity index (χ1n) is 6.14. The molecule has 106 valence electrons. The number of hydrogen-bond donors (Lipinski definition) is 2. The van der Waals surface area contributed by atoms with Crippen LogP contribution in [0.3, 0.4) is 0 Å². The van der Waals surface area contributed by atoms with Crippen molar-refractivity contribution < 1.29 is 13.5 Å². The summed E-state index contributed by atoms with van der Waals surface area (Å²) in [6, 6.07) is 4.01. The number of sulfonamides is 1. The Morgan fingerprint density at radius 1 is 1.42 bits per heavy atom. The number of hydrogen-bond acceptors (Lipinski definition) is 4. The highest BCUT2D eigenvalue weighted by molar-refractivity contribution is 7.89. The molecule has 2 rings (SSSR count). The lowest BCUT2D eigenvalue weighted by atomic mass is 10.1. The van der Waals surface area contributed by atoms with E-state index in [4.69, 9.17) is 17.3 Å². The Morgan fingerprint density at radius 2 is 2.16 bits per heavy atom. The zero-order valence-corrected chi connectivity index (χ0v) is 12.0. The van der Waals surface area contributed by atoms with Gasteiger partial charge in [0.15, 0.2) is 0 Å². The first kappa shape index (κ1) is 14.6. The van der Waals surface area contributed by atoms with E-state index in [1.165, 1.54) is 16.4 Å². The van der Waals surface area contributed by atoms with Gasteiger partial charge >= 0.3 is 0 Å². The van der Waals surface area contributed by atoms with E-state index in [2.05, 4.69) is 0 Å². The molecule has 0 saturated carbocycles. The van der Waals surface area contributed by atoms with Crippen LogP contribution in [-0.4, -0.2) is 37.0 Å². The molecule has 0 radical (unpaired) electrons. The Hall–Kier alpha value is -0.820. The summed E-state index contributed by atoms with van der Waals surface area (Å²) < 4.78 is 26.5. The summed E-state index contributed by atoms with van der Waals surface area (Å²) in [5.41, 5.74) is 5.91. The number of piperidine rings is 1. The van der Waals surface area contributed by atoms with Crippen molar-refractivity contribution in [2.45, 2.75) is 30.2 Å². The zero-order chi connectivity index (χ0) is 14.0. The number of nitrogens with zero attached hydrogens (tertiary/aromatic N) is 1. The number of aliphatic hydroxyl groups is 1. The van der Waals surface area contributed by atoms with Gasteiger partial charge < -0.3 is 10.8 Å². The maximum absolute atomic E-state index is 12.6. The molecule has 0 aromatic heterocycles. The third kappa shape index (κ3) is 2.86. The number of nitrogen functional groups attached to an aromatic ring is 1. The highest BCUT2D eigenvalue weighted by Crippen LogP contribution is 2.30. The Labute approximate surface area is 118 Å². The number of aliphatic hydroxyl groups excluding tert-OH is 1. The van der Waals surface area contributed by atoms with Gasteiger partial charge in [-0.25, -0.2) is 8.42 Å². The molecule has 3 N–H and O–H groups in total. The minimum absolute atomic E-state index is 0.0142. The van der Waals surface area contributed by atoms with E-state index in [0.717, 1.165) is 12.8 Å². The quantitative estimate of drug-likeness (QED) is 0.828. The van der Waals surface area contributed by atoms with Crippen molar-refractivity contribution in [1.29, 1.82) is 0 Å². The van der Waals surface area contributed by atoms with Crippen molar-refractivity contribution >= 4 is 27.3 Å². The van der Waals surface area contributed by atoms with E-state index in [9.17, 15) is 13.5 Å². The normalized spacial score (nSPS) is 21.5. The van der Waals surface area contributed by atoms with Crippen LogP contribution in [0.4, 0.5) is 5.69 Å². The molecule has 19 heavy (non-hydrogen) atoms. The van der Waals surface area contributed by atoms with Crippen molar-refractivity contribution in [3.8, 4) is 0 Å². The van der Waals surface area contributed by atoms with Crippen molar-refractivity contribution in [3.63, 3.8) is 0 Å². The predicted molar refractivity (Wildman–Crippen MR) is 74.5 cm³/mol. The molecule has 1 unspecified atom stereocenters. The summed E-state index contributed by atoms with van der Waals surface area (Å²) in [6.45, 7) is 0.221. The van der Waals surface area contributed by atoms with E-state index in [0.29, 0.717) is 18.0 Å². The summed E-state index contributed by atoms with van der Waals surface area (Å²) in [4.78, 5) is 0.0142. The fraction of sp³-hybridized carbons (Fsp3) is 0.500. The second-order valence-corrected chi connectivity index (χ2v) is 6.93. The summed E-state index contributed by atoms with van der Waals surface area (Å²) in [7, 11) is -3.71. The Bertz CT molecular complexity index is 562. The van der Waals surface area contributed by atoms with E-state index in [1.54, 1.807) is 6.07 Å². The lowest BCUT2D eigenvalue weighted by Gasteiger charge is -2.33. The molecular weight excluding hydrogens is 288 g/mol. The molecule has 1 aromatic carbocycles. The van der Waals surface area contributed by atoms with Crippen molar-refractivity contribution in [1.82, 2.24) is 4.31 Å². The van der Waals surface area contributed by atoms with Crippen LogP contribution in [0.5, 0.6) is 0 Å². The van der Waals surface area contributed by atoms with Crippen LogP contribution in [-0.2, 0) is 10.0 Å². The maximum atomic E-state index is 12.6. The lowest BCUT2D eigenvalue weighted by Crippen LogP contribution is -2.45. The first-order valence-corrected chi connectivity index (χ1v) is 7.96. The fourth-order valence-electron chi connectivity index (χ4n) is 2.33. The number of nitrogens with two attached hydrogens (primary N) is 1. The third-order valence-electron chi connectivity index (χ3n) is 3.35. The average Bonchev–Trinajstić information content (AvgIpc) is 2.41. The fourth-order valence-corrected chi connectivity index (χ4v) is 4.40. The molecule has 1 aromatic rings. The number of rotatable bonds is 3. The van der Waals surface area contributed by atoms with Gasteiger partial charge in [-0.05, 0) is 31.0 Å². The van der Waals surface area contributed by atoms with Gasteiger partial charge in [-0.2, -0.15) is 4.31 Å². The first-order chi connectivity index (χ1) is 8.96. The van der Waals surface area contributed by atoms with Crippen molar-refractivity contribution in [2.24, 2.45) is 0 Å². The molecule has 1 fully saturated rings. The van der Waals surface area contributed by atoms with Crippen LogP contribution in [0.2, 0.25) is 5.02 Å². The summed E-state index contributed by atoms with van der Waals surface area (Å²) in [5.74, 6) is 0. The van der Waals surface area contributed by atoms with E-state index < -0.39 is 10.0 Å². The van der Waals surface area contributed by atoms with Gasteiger partial charge in [0.25, 0.3) is 0 Å². The van der Waals surface area contributed by atoms with Gasteiger partial charge in [0.1, 0.15) is 4.90 Å². The number of benzene rings is 1. The molecule has 1 aliphatic heterocycles. The molecule has 5 nitrogen and oxygen atoms in total. The van der Waals surface area contributed by atoms with Crippen LogP contribution in [0.15, 0.2) is 23.1 Å². The minimum atomic E-state index is -3.71. The molecule has 1 aliphatic rings. The van der Waals surface area contributed by atoms with Gasteiger partial charge in [-0.1, -0.05) is 18.0 Å². The van der Waals surface area contributed by atoms with Crippen molar-refractivity contribution in [3.05, 3.63) is 23.2 Å². The Kier molecular flexibility index (Phi) is 4.35.